The number of rotatable bonds is 6. The molecule has 20 heavy (non-hydrogen) atoms. The lowest BCUT2D eigenvalue weighted by atomic mass is 9.82. The van der Waals surface area contributed by atoms with Gasteiger partial charge in [0.25, 0.3) is 0 Å². The Morgan fingerprint density at radius 3 is 2.30 bits per heavy atom. The normalized spacial score (nSPS) is 23.5. The molecular weight excluding hydrogens is 294 g/mol. The van der Waals surface area contributed by atoms with Gasteiger partial charge >= 0.3 is 0 Å². The molecule has 1 rings (SSSR count). The van der Waals surface area contributed by atoms with Gasteiger partial charge in [0, 0.05) is 17.0 Å². The number of hydrogen-bond donors (Lipinski definition) is 0. The second kappa shape index (κ2) is 7.48. The fourth-order valence-corrected chi connectivity index (χ4v) is 3.57. The Morgan fingerprint density at radius 1 is 1.30 bits per heavy atom. The fourth-order valence-electron chi connectivity index (χ4n) is 3.00. The molecule has 0 amide bonds. The number of hydrogen-bond acceptors (Lipinski definition) is 4. The number of halogens is 1. The van der Waals surface area contributed by atoms with Crippen LogP contribution in [0.15, 0.2) is 0 Å². The number of piperidine rings is 1. The number of alkyl halides is 1. The largest absolute Gasteiger partial charge is 0.286 e. The Kier molecular flexibility index (Phi) is 6.84. The molecule has 0 saturated carbocycles. The van der Waals surface area contributed by atoms with Crippen molar-refractivity contribution < 1.29 is 9.63 Å². The lowest BCUT2D eigenvalue weighted by Gasteiger charge is -2.52. The van der Waals surface area contributed by atoms with Gasteiger partial charge in [-0.15, -0.1) is 11.6 Å². The molecule has 1 aliphatic rings. The van der Waals surface area contributed by atoms with E-state index >= 15 is 0 Å². The van der Waals surface area contributed by atoms with Crippen LogP contribution in [0.1, 0.15) is 59.8 Å². The maximum atomic E-state index is 12.1. The van der Waals surface area contributed by atoms with Crippen molar-refractivity contribution in [2.75, 3.05) is 12.1 Å². The quantitative estimate of drug-likeness (QED) is 0.684. The number of thioether (sulfide) groups is 1. The molecule has 0 aromatic carbocycles. The zero-order chi connectivity index (χ0) is 15.4. The summed E-state index contributed by atoms with van der Waals surface area (Å²) in [4.78, 5) is 18.3. The molecule has 1 heterocycles. The van der Waals surface area contributed by atoms with Crippen molar-refractivity contribution in [1.82, 2.24) is 5.06 Å². The first kappa shape index (κ1) is 18.3. The van der Waals surface area contributed by atoms with Crippen molar-refractivity contribution in [2.45, 2.75) is 77.0 Å². The second-order valence-electron chi connectivity index (χ2n) is 6.72. The lowest BCUT2D eigenvalue weighted by Crippen LogP contribution is -2.59. The first-order valence-corrected chi connectivity index (χ1v) is 9.11. The molecule has 1 fully saturated rings. The summed E-state index contributed by atoms with van der Waals surface area (Å²) in [5.74, 6) is 0.564. The highest BCUT2D eigenvalue weighted by atomic mass is 35.5. The van der Waals surface area contributed by atoms with Crippen LogP contribution in [0.4, 0.5) is 0 Å². The Labute approximate surface area is 132 Å². The van der Waals surface area contributed by atoms with Crippen LogP contribution >= 0.6 is 23.4 Å². The highest BCUT2D eigenvalue weighted by Gasteiger charge is 2.44. The van der Waals surface area contributed by atoms with Crippen molar-refractivity contribution in [3.8, 4) is 0 Å². The van der Waals surface area contributed by atoms with Crippen molar-refractivity contribution in [3.63, 3.8) is 0 Å². The van der Waals surface area contributed by atoms with E-state index in [2.05, 4.69) is 32.8 Å². The average Bonchev–Trinajstić information content (AvgIpc) is 2.35. The molecule has 1 saturated heterocycles. The highest BCUT2D eigenvalue weighted by Crippen LogP contribution is 2.39. The van der Waals surface area contributed by atoms with Gasteiger partial charge in [-0.1, -0.05) is 11.8 Å². The molecule has 0 aromatic rings. The van der Waals surface area contributed by atoms with E-state index in [1.54, 1.807) is 0 Å². The van der Waals surface area contributed by atoms with Crippen molar-refractivity contribution in [3.05, 3.63) is 0 Å². The van der Waals surface area contributed by atoms with Crippen LogP contribution in [-0.2, 0) is 9.63 Å². The van der Waals surface area contributed by atoms with Gasteiger partial charge in [0.1, 0.15) is 6.10 Å². The van der Waals surface area contributed by atoms with Crippen molar-refractivity contribution in [2.24, 2.45) is 0 Å². The number of carbonyl (C=O) groups excluding carboxylic acids is 1. The SMILES string of the molecule is CSC(=O)[C@@H](CCCCl)ON1C(C)(C)CCCC1(C)C. The van der Waals surface area contributed by atoms with E-state index in [-0.39, 0.29) is 22.3 Å². The van der Waals surface area contributed by atoms with E-state index in [1.165, 1.54) is 18.2 Å². The van der Waals surface area contributed by atoms with E-state index in [1.807, 2.05) is 6.26 Å². The van der Waals surface area contributed by atoms with Crippen LogP contribution in [0.25, 0.3) is 0 Å². The van der Waals surface area contributed by atoms with Crippen molar-refractivity contribution >= 4 is 28.5 Å². The molecule has 0 unspecified atom stereocenters. The molecule has 118 valence electrons. The second-order valence-corrected chi connectivity index (χ2v) is 7.91. The molecule has 0 N–H and O–H groups in total. The van der Waals surface area contributed by atoms with Gasteiger partial charge in [0.2, 0.25) is 5.12 Å². The minimum Gasteiger partial charge on any atom is -0.286 e. The van der Waals surface area contributed by atoms with Crippen LogP contribution in [-0.4, -0.2) is 39.5 Å². The van der Waals surface area contributed by atoms with Crippen LogP contribution in [0.3, 0.4) is 0 Å². The molecule has 1 atom stereocenters. The van der Waals surface area contributed by atoms with Crippen LogP contribution < -0.4 is 0 Å². The molecule has 0 bridgehead atoms. The summed E-state index contributed by atoms with van der Waals surface area (Å²) >= 11 is 7.00. The molecule has 0 radical (unpaired) electrons. The molecule has 0 spiro atoms. The maximum absolute atomic E-state index is 12.1. The molecule has 3 nitrogen and oxygen atoms in total. The Morgan fingerprint density at radius 2 is 1.85 bits per heavy atom. The van der Waals surface area contributed by atoms with Gasteiger partial charge in [-0.25, -0.2) is 0 Å². The Hall–Kier alpha value is 0.230. The predicted molar refractivity (Wildman–Crippen MR) is 87.2 cm³/mol. The average molecular weight is 322 g/mol. The first-order valence-electron chi connectivity index (χ1n) is 7.35. The van der Waals surface area contributed by atoms with Gasteiger partial charge in [-0.2, -0.15) is 5.06 Å². The molecule has 0 aromatic heterocycles. The zero-order valence-electron chi connectivity index (χ0n) is 13.4. The van der Waals surface area contributed by atoms with Crippen LogP contribution in [0.5, 0.6) is 0 Å². The summed E-state index contributed by atoms with van der Waals surface area (Å²) in [6.07, 6.45) is 6.28. The topological polar surface area (TPSA) is 29.5 Å². The van der Waals surface area contributed by atoms with Crippen LogP contribution in [0, 0.1) is 0 Å². The van der Waals surface area contributed by atoms with Crippen LogP contribution in [0.2, 0.25) is 0 Å². The first-order chi connectivity index (χ1) is 9.24. The predicted octanol–water partition coefficient (Wildman–Crippen LogP) is 4.24. The summed E-state index contributed by atoms with van der Waals surface area (Å²) in [7, 11) is 0. The summed E-state index contributed by atoms with van der Waals surface area (Å²) in [6, 6.07) is 0. The Bertz CT molecular complexity index is 318. The van der Waals surface area contributed by atoms with E-state index in [9.17, 15) is 4.79 Å². The molecular formula is C15H28ClNO2S. The van der Waals surface area contributed by atoms with Gasteiger partial charge in [-0.3, -0.25) is 9.63 Å². The van der Waals surface area contributed by atoms with Gasteiger partial charge in [0.15, 0.2) is 0 Å². The minimum atomic E-state index is -0.389. The van der Waals surface area contributed by atoms with E-state index in [0.29, 0.717) is 12.3 Å². The lowest BCUT2D eigenvalue weighted by molar-refractivity contribution is -0.297. The molecule has 5 heteroatoms. The van der Waals surface area contributed by atoms with E-state index < -0.39 is 0 Å². The van der Waals surface area contributed by atoms with Gasteiger partial charge in [-0.05, 0) is 66.1 Å². The van der Waals surface area contributed by atoms with E-state index in [4.69, 9.17) is 16.4 Å². The fraction of sp³-hybridized carbons (Fsp3) is 0.933. The number of carbonyl (C=O) groups is 1. The maximum Gasteiger partial charge on any atom is 0.219 e. The smallest absolute Gasteiger partial charge is 0.219 e. The highest BCUT2D eigenvalue weighted by molar-refractivity contribution is 8.13. The monoisotopic (exact) mass is 321 g/mol. The summed E-state index contributed by atoms with van der Waals surface area (Å²) in [5, 5.41) is 2.16. The van der Waals surface area contributed by atoms with E-state index in [0.717, 1.165) is 19.3 Å². The summed E-state index contributed by atoms with van der Waals surface area (Å²) in [5.41, 5.74) is -0.0840. The number of hydroxylamine groups is 2. The summed E-state index contributed by atoms with van der Waals surface area (Å²) < 4.78 is 0. The van der Waals surface area contributed by atoms with Crippen molar-refractivity contribution in [1.29, 1.82) is 0 Å². The molecule has 1 aliphatic heterocycles. The third-order valence-corrected chi connectivity index (χ3v) is 4.91. The standard InChI is InChI=1S/C15H28ClNO2S/c1-14(2)9-7-10-15(3,4)17(14)19-12(8-6-11-16)13(18)20-5/h12H,6-11H2,1-5H3/t12-/m1/s1. The van der Waals surface area contributed by atoms with Gasteiger partial charge in [0.05, 0.1) is 0 Å². The number of nitrogens with zero attached hydrogens (tertiary/aromatic N) is 1. The zero-order valence-corrected chi connectivity index (χ0v) is 14.9. The Balaban J connectivity index is 2.85. The van der Waals surface area contributed by atoms with Gasteiger partial charge < -0.3 is 0 Å². The minimum absolute atomic E-state index is 0.0420. The summed E-state index contributed by atoms with van der Waals surface area (Å²) in [6.45, 7) is 8.76. The third-order valence-electron chi connectivity index (χ3n) is 3.97. The molecule has 0 aliphatic carbocycles. The third kappa shape index (κ3) is 4.62.